The molecule has 0 fully saturated rings. The minimum Gasteiger partial charge on any atom is -0.333 e. The monoisotopic (exact) mass is 263 g/mol. The van der Waals surface area contributed by atoms with Crippen LogP contribution in [-0.4, -0.2) is 12.7 Å². The van der Waals surface area contributed by atoms with Crippen LogP contribution in [0.3, 0.4) is 0 Å². The maximum atomic E-state index is 10.0. The van der Waals surface area contributed by atoms with E-state index in [1.807, 2.05) is 0 Å². The second-order valence-electron chi connectivity index (χ2n) is 4.19. The summed E-state index contributed by atoms with van der Waals surface area (Å²) in [6.07, 6.45) is 10.0. The molecule has 0 rings (SSSR count). The summed E-state index contributed by atoms with van der Waals surface area (Å²) in [7, 11) is 0. The summed E-state index contributed by atoms with van der Waals surface area (Å²) in [4.78, 5) is 18.5. The van der Waals surface area contributed by atoms with E-state index < -0.39 is 6.09 Å². The highest BCUT2D eigenvalue weighted by Gasteiger charge is 1.96. The van der Waals surface area contributed by atoms with E-state index in [1.54, 1.807) is 0 Å². The zero-order valence-electron chi connectivity index (χ0n) is 11.2. The summed E-state index contributed by atoms with van der Waals surface area (Å²) >= 11 is 0. The third-order valence-corrected chi connectivity index (χ3v) is 2.52. The van der Waals surface area contributed by atoms with Gasteiger partial charge in [-0.25, -0.2) is 14.6 Å². The van der Waals surface area contributed by atoms with E-state index in [9.17, 15) is 4.79 Å². The Morgan fingerprint density at radius 2 is 1.44 bits per heavy atom. The lowest BCUT2D eigenvalue weighted by molar-refractivity contribution is -0.615. The number of amides is 1. The molecule has 0 saturated carbocycles. The molecule has 108 valence electrons. The molecule has 0 heterocycles. The van der Waals surface area contributed by atoms with Crippen LogP contribution < -0.4 is 5.73 Å². The molecule has 0 aromatic heterocycles. The molecular formula is C12H25NO5. The topological polar surface area (TPSA) is 80.0 Å². The summed E-state index contributed by atoms with van der Waals surface area (Å²) < 4.78 is 0. The number of carbonyl (C=O) groups excluding carboxylic acids is 1. The van der Waals surface area contributed by atoms with E-state index in [0.717, 1.165) is 12.8 Å². The highest BCUT2D eigenvalue weighted by atomic mass is 17.7. The van der Waals surface area contributed by atoms with Gasteiger partial charge in [-0.15, -0.1) is 0 Å². The highest BCUT2D eigenvalue weighted by Crippen LogP contribution is 2.09. The van der Waals surface area contributed by atoms with Crippen molar-refractivity contribution in [3.63, 3.8) is 0 Å². The van der Waals surface area contributed by atoms with Gasteiger partial charge in [0.25, 0.3) is 0 Å². The van der Waals surface area contributed by atoms with Crippen molar-refractivity contribution in [2.24, 2.45) is 5.73 Å². The van der Waals surface area contributed by atoms with Gasteiger partial charge in [-0.1, -0.05) is 58.3 Å². The van der Waals surface area contributed by atoms with Gasteiger partial charge in [0.2, 0.25) is 0 Å². The number of unbranched alkanes of at least 4 members (excludes halogenated alkanes) is 8. The Balaban J connectivity index is 2.92. The van der Waals surface area contributed by atoms with E-state index in [2.05, 4.69) is 32.5 Å². The van der Waals surface area contributed by atoms with Crippen LogP contribution in [0.5, 0.6) is 0 Å². The van der Waals surface area contributed by atoms with Gasteiger partial charge in [0.1, 0.15) is 0 Å². The van der Waals surface area contributed by atoms with Crippen molar-refractivity contribution in [2.45, 2.75) is 64.7 Å². The summed E-state index contributed by atoms with van der Waals surface area (Å²) in [5, 5.41) is 7.97. The first-order valence-electron chi connectivity index (χ1n) is 6.69. The van der Waals surface area contributed by atoms with Gasteiger partial charge < -0.3 is 5.73 Å². The zero-order chi connectivity index (χ0) is 13.5. The predicted molar refractivity (Wildman–Crippen MR) is 66.0 cm³/mol. The Hall–Kier alpha value is -0.850. The van der Waals surface area contributed by atoms with E-state index in [1.165, 1.54) is 44.9 Å². The minimum atomic E-state index is -1.08. The van der Waals surface area contributed by atoms with Gasteiger partial charge in [0.15, 0.2) is 0 Å². The van der Waals surface area contributed by atoms with Crippen LogP contribution in [0.4, 0.5) is 4.79 Å². The van der Waals surface area contributed by atoms with Crippen LogP contribution >= 0.6 is 0 Å². The van der Waals surface area contributed by atoms with Crippen LogP contribution in [0.2, 0.25) is 0 Å². The predicted octanol–water partition coefficient (Wildman–Crippen LogP) is 3.41. The fraction of sp³-hybridized carbons (Fsp3) is 0.917. The largest absolute Gasteiger partial charge is 0.439 e. The summed E-state index contributed by atoms with van der Waals surface area (Å²) in [5.41, 5.74) is 4.61. The molecular weight excluding hydrogens is 238 g/mol. The van der Waals surface area contributed by atoms with E-state index in [-0.39, 0.29) is 0 Å². The Morgan fingerprint density at radius 3 is 2.00 bits per heavy atom. The molecule has 0 aromatic rings. The molecule has 0 spiro atoms. The van der Waals surface area contributed by atoms with E-state index >= 15 is 0 Å². The summed E-state index contributed by atoms with van der Waals surface area (Å²) in [5.74, 6) is 0. The third kappa shape index (κ3) is 15.1. The molecule has 6 nitrogen and oxygen atoms in total. The second-order valence-corrected chi connectivity index (χ2v) is 4.19. The number of hydrogen-bond donors (Lipinski definition) is 1. The maximum Gasteiger partial charge on any atom is 0.439 e. The van der Waals surface area contributed by atoms with E-state index in [0.29, 0.717) is 6.61 Å². The molecule has 0 unspecified atom stereocenters. The standard InChI is InChI=1S/C12H25NO5/c1-2-3-4-5-6-7-8-9-10-11-15-17-18-16-12(13)14/h2-11H2,1H3,(H2,13,14). The number of carbonyl (C=O) groups is 1. The zero-order valence-corrected chi connectivity index (χ0v) is 11.2. The van der Waals surface area contributed by atoms with Crippen LogP contribution in [0.1, 0.15) is 64.7 Å². The van der Waals surface area contributed by atoms with Gasteiger partial charge in [-0.2, -0.15) is 0 Å². The Kier molecular flexibility index (Phi) is 13.5. The van der Waals surface area contributed by atoms with Crippen molar-refractivity contribution >= 4 is 6.09 Å². The normalized spacial score (nSPS) is 10.5. The minimum absolute atomic E-state index is 0.401. The molecule has 0 aliphatic carbocycles. The Bertz CT molecular complexity index is 189. The smallest absolute Gasteiger partial charge is 0.333 e. The van der Waals surface area contributed by atoms with Crippen LogP contribution in [0, 0.1) is 0 Å². The molecule has 1 amide bonds. The summed E-state index contributed by atoms with van der Waals surface area (Å²) in [6.45, 7) is 2.62. The number of hydrogen-bond acceptors (Lipinski definition) is 5. The molecule has 18 heavy (non-hydrogen) atoms. The van der Waals surface area contributed by atoms with Crippen molar-refractivity contribution in [3.05, 3.63) is 0 Å². The van der Waals surface area contributed by atoms with Gasteiger partial charge in [0, 0.05) is 5.04 Å². The molecule has 0 aromatic carbocycles. The van der Waals surface area contributed by atoms with Crippen molar-refractivity contribution in [1.82, 2.24) is 0 Å². The van der Waals surface area contributed by atoms with Gasteiger partial charge in [-0.05, 0) is 11.5 Å². The quantitative estimate of drug-likeness (QED) is 0.313. The fourth-order valence-corrected chi connectivity index (χ4v) is 1.57. The number of rotatable bonds is 13. The lowest BCUT2D eigenvalue weighted by atomic mass is 10.1. The molecule has 2 N–H and O–H groups in total. The first-order valence-corrected chi connectivity index (χ1v) is 6.69. The second kappa shape index (κ2) is 14.2. The van der Waals surface area contributed by atoms with Gasteiger partial charge in [0.05, 0.1) is 6.61 Å². The lowest BCUT2D eigenvalue weighted by Crippen LogP contribution is -2.13. The third-order valence-electron chi connectivity index (χ3n) is 2.52. The van der Waals surface area contributed by atoms with Crippen molar-refractivity contribution in [1.29, 1.82) is 0 Å². The Labute approximate surface area is 108 Å². The van der Waals surface area contributed by atoms with Crippen LogP contribution in [0.25, 0.3) is 0 Å². The maximum absolute atomic E-state index is 10.0. The lowest BCUT2D eigenvalue weighted by Gasteiger charge is -2.02. The first-order chi connectivity index (χ1) is 8.77. The molecule has 0 aliphatic heterocycles. The van der Waals surface area contributed by atoms with Crippen molar-refractivity contribution in [2.75, 3.05) is 6.61 Å². The molecule has 0 bridgehead atoms. The average molecular weight is 263 g/mol. The summed E-state index contributed by atoms with van der Waals surface area (Å²) in [6, 6.07) is 0. The van der Waals surface area contributed by atoms with Gasteiger partial charge >= 0.3 is 6.09 Å². The number of nitrogens with two attached hydrogens (primary N) is 1. The van der Waals surface area contributed by atoms with Gasteiger partial charge in [-0.3, -0.25) is 0 Å². The highest BCUT2D eigenvalue weighted by molar-refractivity contribution is 5.63. The first kappa shape index (κ1) is 17.2. The molecule has 0 radical (unpaired) electrons. The van der Waals surface area contributed by atoms with Crippen LogP contribution in [0.15, 0.2) is 0 Å². The van der Waals surface area contributed by atoms with Crippen LogP contribution in [-0.2, 0) is 19.9 Å². The van der Waals surface area contributed by atoms with E-state index in [4.69, 9.17) is 0 Å². The molecule has 6 heteroatoms. The molecule has 0 saturated heterocycles. The number of primary amides is 1. The van der Waals surface area contributed by atoms with Crippen molar-refractivity contribution in [3.8, 4) is 0 Å². The molecule has 0 atom stereocenters. The SMILES string of the molecule is CCCCCCCCCCCOOOOC(N)=O. The fourth-order valence-electron chi connectivity index (χ4n) is 1.57. The van der Waals surface area contributed by atoms with Crippen molar-refractivity contribution < 1.29 is 24.6 Å². The Morgan fingerprint density at radius 1 is 0.889 bits per heavy atom. The molecule has 0 aliphatic rings. The average Bonchev–Trinajstić information content (AvgIpc) is 2.34.